The lowest BCUT2D eigenvalue weighted by molar-refractivity contribution is -0.870. The van der Waals surface area contributed by atoms with Gasteiger partial charge in [-0.1, -0.05) is 220 Å². The van der Waals surface area contributed by atoms with Crippen molar-refractivity contribution in [2.45, 2.75) is 218 Å². The van der Waals surface area contributed by atoms with Crippen LogP contribution in [0.4, 0.5) is 0 Å². The van der Waals surface area contributed by atoms with Crippen molar-refractivity contribution in [1.29, 1.82) is 0 Å². The van der Waals surface area contributed by atoms with Crippen molar-refractivity contribution in [1.82, 2.24) is 5.32 Å². The molecule has 10 heteroatoms. The monoisotopic (exact) mass is 984 g/mol. The van der Waals surface area contributed by atoms with Crippen molar-refractivity contribution in [3.05, 3.63) is 109 Å². The van der Waals surface area contributed by atoms with E-state index in [0.29, 0.717) is 23.9 Å². The number of hydrogen-bond donors (Lipinski definition) is 4. The number of amides is 1. The fourth-order valence-corrected chi connectivity index (χ4v) is 8.05. The molecule has 0 rings (SSSR count). The zero-order chi connectivity index (χ0) is 50.8. The average Bonchev–Trinajstić information content (AvgIpc) is 3.31. The summed E-state index contributed by atoms with van der Waals surface area (Å²) in [6, 6.07) is -1.05. The van der Waals surface area contributed by atoms with E-state index in [0.717, 1.165) is 109 Å². The SMILES string of the molecule is CC/C=C\C/C=C\C/C=C\C/C=C\C/C=C\C/C=C\C/C=C\C/C=C\C/C=C\CCCCCCCC(=O)NC(COP(=O)(O)OCC[N+](C)(C)C)C(O)C(O)CCCCCCCCCCCCCC. The van der Waals surface area contributed by atoms with E-state index in [4.69, 9.17) is 9.05 Å². The minimum absolute atomic E-state index is 0.0117. The molecule has 0 aromatic rings. The molecular weight excluding hydrogens is 880 g/mol. The Morgan fingerprint density at radius 1 is 0.522 bits per heavy atom. The van der Waals surface area contributed by atoms with Crippen LogP contribution in [0.15, 0.2) is 109 Å². The summed E-state index contributed by atoms with van der Waals surface area (Å²) in [5, 5.41) is 24.8. The van der Waals surface area contributed by atoms with Gasteiger partial charge < -0.3 is 24.9 Å². The molecule has 4 unspecified atom stereocenters. The van der Waals surface area contributed by atoms with Gasteiger partial charge in [0.15, 0.2) is 0 Å². The van der Waals surface area contributed by atoms with Gasteiger partial charge >= 0.3 is 7.82 Å². The van der Waals surface area contributed by atoms with Crippen molar-refractivity contribution in [2.75, 3.05) is 40.9 Å². The Morgan fingerprint density at radius 3 is 1.32 bits per heavy atom. The van der Waals surface area contributed by atoms with Gasteiger partial charge in [-0.2, -0.15) is 0 Å². The second-order valence-electron chi connectivity index (χ2n) is 19.4. The van der Waals surface area contributed by atoms with Gasteiger partial charge in [0.05, 0.1) is 39.9 Å². The number of carbonyl (C=O) groups is 1. The van der Waals surface area contributed by atoms with Crippen LogP contribution in [-0.4, -0.2) is 84.6 Å². The molecule has 0 aliphatic heterocycles. The van der Waals surface area contributed by atoms with Crippen molar-refractivity contribution in [2.24, 2.45) is 0 Å². The molecule has 4 N–H and O–H groups in total. The van der Waals surface area contributed by atoms with Gasteiger partial charge in [-0.15, -0.1) is 0 Å². The Balaban J connectivity index is 4.31. The maximum absolute atomic E-state index is 13.0. The number of hydrogen-bond acceptors (Lipinski definition) is 6. The lowest BCUT2D eigenvalue weighted by Gasteiger charge is -2.28. The Hall–Kier alpha value is -2.88. The number of allylic oxidation sites excluding steroid dienone is 18. The van der Waals surface area contributed by atoms with Crippen LogP contribution >= 0.6 is 7.82 Å². The van der Waals surface area contributed by atoms with Crippen LogP contribution < -0.4 is 5.32 Å². The van der Waals surface area contributed by atoms with E-state index >= 15 is 0 Å². The predicted octanol–water partition coefficient (Wildman–Crippen LogP) is 15.4. The second kappa shape index (κ2) is 48.7. The lowest BCUT2D eigenvalue weighted by atomic mass is 9.99. The minimum Gasteiger partial charge on any atom is -0.390 e. The normalized spacial score (nSPS) is 15.3. The van der Waals surface area contributed by atoms with Crippen LogP contribution in [0.5, 0.6) is 0 Å². The highest BCUT2D eigenvalue weighted by Crippen LogP contribution is 2.43. The van der Waals surface area contributed by atoms with E-state index < -0.39 is 32.7 Å². The van der Waals surface area contributed by atoms with Gasteiger partial charge in [-0.05, 0) is 83.5 Å². The van der Waals surface area contributed by atoms with Crippen molar-refractivity contribution >= 4 is 13.7 Å². The van der Waals surface area contributed by atoms with Crippen LogP contribution in [0.2, 0.25) is 0 Å². The highest BCUT2D eigenvalue weighted by atomic mass is 31.2. The molecule has 0 aromatic carbocycles. The molecule has 1 amide bonds. The number of aliphatic hydroxyl groups is 2. The third kappa shape index (κ3) is 49.9. The van der Waals surface area contributed by atoms with E-state index in [9.17, 15) is 24.5 Å². The molecule has 0 aliphatic rings. The summed E-state index contributed by atoms with van der Waals surface area (Å²) in [7, 11) is 1.40. The number of carbonyl (C=O) groups excluding carboxylic acids is 1. The zero-order valence-electron chi connectivity index (χ0n) is 44.6. The largest absolute Gasteiger partial charge is 0.472 e. The molecule has 0 aliphatic carbocycles. The average molecular weight is 984 g/mol. The van der Waals surface area contributed by atoms with Gasteiger partial charge in [0.2, 0.25) is 5.91 Å². The first kappa shape index (κ1) is 66.1. The summed E-state index contributed by atoms with van der Waals surface area (Å²) in [6.45, 7) is 4.46. The summed E-state index contributed by atoms with van der Waals surface area (Å²) in [6.07, 6.45) is 67.3. The van der Waals surface area contributed by atoms with Gasteiger partial charge in [0, 0.05) is 6.42 Å². The first-order valence-electron chi connectivity index (χ1n) is 27.3. The highest BCUT2D eigenvalue weighted by Gasteiger charge is 2.31. The maximum atomic E-state index is 13.0. The molecule has 0 spiro atoms. The molecule has 0 fully saturated rings. The Labute approximate surface area is 424 Å². The topological polar surface area (TPSA) is 125 Å². The van der Waals surface area contributed by atoms with Gasteiger partial charge in [-0.25, -0.2) is 4.57 Å². The third-order valence-electron chi connectivity index (χ3n) is 11.6. The number of unbranched alkanes of at least 4 members (excludes halogenated alkanes) is 16. The Kier molecular flexibility index (Phi) is 46.7. The van der Waals surface area contributed by atoms with Crippen molar-refractivity contribution in [3.8, 4) is 0 Å². The molecular formula is C59H104N2O7P+. The second-order valence-corrected chi connectivity index (χ2v) is 20.8. The first-order chi connectivity index (χ1) is 33.4. The summed E-state index contributed by atoms with van der Waals surface area (Å²) >= 11 is 0. The summed E-state index contributed by atoms with van der Waals surface area (Å²) in [4.78, 5) is 23.3. The van der Waals surface area contributed by atoms with Crippen molar-refractivity contribution in [3.63, 3.8) is 0 Å². The van der Waals surface area contributed by atoms with Gasteiger partial charge in [-0.3, -0.25) is 13.8 Å². The number of aliphatic hydroxyl groups excluding tert-OH is 2. The standard InChI is InChI=1S/C59H103N2O7P/c1-6-8-10-12-14-16-18-20-21-22-23-24-25-26-27-28-29-30-31-32-33-34-35-36-37-38-39-40-42-44-46-48-50-52-58(63)60-56(55-68-69(65,66)67-54-53-61(3,4)5)59(64)57(62)51-49-47-45-43-41-19-17-15-13-11-9-7-2/h8,10,14,16,20-21,23-24,26-27,29-30,32-33,35-36,38-39,56-57,59,62,64H,6-7,9,11-13,15,17-19,22,25,28,31,34,37,40-55H2,1-5H3,(H-,60,63,65,66)/p+1/b10-8-,16-14-,21-20-,24-23-,27-26-,30-29-,33-32-,36-35-,39-38-. The van der Waals surface area contributed by atoms with Crippen LogP contribution in [0, 0.1) is 0 Å². The molecule has 9 nitrogen and oxygen atoms in total. The fourth-order valence-electron chi connectivity index (χ4n) is 7.31. The molecule has 0 heterocycles. The molecule has 0 radical (unpaired) electrons. The van der Waals surface area contributed by atoms with E-state index in [1.54, 1.807) is 0 Å². The van der Waals surface area contributed by atoms with Gasteiger partial charge in [0.25, 0.3) is 0 Å². The zero-order valence-corrected chi connectivity index (χ0v) is 45.5. The number of phosphoric acid groups is 1. The summed E-state index contributed by atoms with van der Waals surface area (Å²) in [5.74, 6) is -0.282. The van der Waals surface area contributed by atoms with E-state index in [-0.39, 0.29) is 18.9 Å². The Bertz CT molecular complexity index is 1510. The molecule has 396 valence electrons. The van der Waals surface area contributed by atoms with Crippen LogP contribution in [-0.2, 0) is 18.4 Å². The van der Waals surface area contributed by atoms with E-state index in [1.807, 2.05) is 21.1 Å². The van der Waals surface area contributed by atoms with Crippen LogP contribution in [0.3, 0.4) is 0 Å². The first-order valence-corrected chi connectivity index (χ1v) is 28.8. The third-order valence-corrected chi connectivity index (χ3v) is 12.6. The molecule has 0 aromatic heterocycles. The summed E-state index contributed by atoms with van der Waals surface area (Å²) in [5.41, 5.74) is 0. The lowest BCUT2D eigenvalue weighted by Crippen LogP contribution is -2.51. The summed E-state index contributed by atoms with van der Waals surface area (Å²) < 4.78 is 23.6. The number of nitrogens with one attached hydrogen (secondary N) is 1. The molecule has 0 saturated carbocycles. The molecule has 4 atom stereocenters. The highest BCUT2D eigenvalue weighted by molar-refractivity contribution is 7.47. The van der Waals surface area contributed by atoms with E-state index in [2.05, 4.69) is 129 Å². The number of rotatable bonds is 48. The number of phosphoric ester groups is 1. The van der Waals surface area contributed by atoms with Crippen molar-refractivity contribution < 1.29 is 38.0 Å². The van der Waals surface area contributed by atoms with E-state index in [1.165, 1.54) is 57.8 Å². The number of nitrogens with zero attached hydrogens (tertiary/aromatic N) is 1. The molecule has 0 saturated heterocycles. The number of likely N-dealkylation sites (N-methyl/N-ethyl adjacent to an activating group) is 1. The number of quaternary nitrogens is 1. The van der Waals surface area contributed by atoms with Crippen LogP contribution in [0.25, 0.3) is 0 Å². The predicted molar refractivity (Wildman–Crippen MR) is 296 cm³/mol. The smallest absolute Gasteiger partial charge is 0.390 e. The fraction of sp³-hybridized carbons (Fsp3) is 0.678. The maximum Gasteiger partial charge on any atom is 0.472 e. The minimum atomic E-state index is -4.43. The molecule has 0 bridgehead atoms. The quantitative estimate of drug-likeness (QED) is 0.0207. The van der Waals surface area contributed by atoms with Crippen LogP contribution in [0.1, 0.15) is 200 Å². The Morgan fingerprint density at radius 2 is 0.899 bits per heavy atom. The van der Waals surface area contributed by atoms with Gasteiger partial charge in [0.1, 0.15) is 19.3 Å². The molecule has 69 heavy (non-hydrogen) atoms.